The van der Waals surface area contributed by atoms with Crippen molar-refractivity contribution in [1.29, 1.82) is 0 Å². The maximum Gasteiger partial charge on any atom is 0.335 e. The normalized spacial score (nSPS) is 15.5. The Morgan fingerprint density at radius 3 is 2.74 bits per heavy atom. The zero-order valence-corrected chi connectivity index (χ0v) is 17.0. The zero-order chi connectivity index (χ0) is 22.0. The molecule has 2 heterocycles. The number of aromatic nitrogens is 2. The van der Waals surface area contributed by atoms with Gasteiger partial charge in [0.2, 0.25) is 11.9 Å². The van der Waals surface area contributed by atoms with Gasteiger partial charge in [0.25, 0.3) is 0 Å². The Morgan fingerprint density at radius 2 is 2.03 bits per heavy atom. The number of carboxylic acids is 1. The monoisotopic (exact) mass is 419 g/mol. The number of carbonyl (C=O) groups excluding carboxylic acids is 1. The van der Waals surface area contributed by atoms with Crippen LogP contribution in [0.4, 0.5) is 28.8 Å². The molecule has 0 radical (unpaired) electrons. The van der Waals surface area contributed by atoms with Gasteiger partial charge in [0.05, 0.1) is 24.6 Å². The zero-order valence-electron chi connectivity index (χ0n) is 17.0. The number of hydrogen-bond donors (Lipinski definition) is 3. The number of ether oxygens (including phenoxy) is 1. The molecule has 4 rings (SSSR count). The Kier molecular flexibility index (Phi) is 5.40. The lowest BCUT2D eigenvalue weighted by molar-refractivity contribution is -0.116. The lowest BCUT2D eigenvalue weighted by atomic mass is 10.1. The number of carboxylic acid groups (broad SMARTS) is 1. The maximum absolute atomic E-state index is 12.3. The van der Waals surface area contributed by atoms with Crippen LogP contribution >= 0.6 is 0 Å². The number of carbonyl (C=O) groups is 2. The highest BCUT2D eigenvalue weighted by atomic mass is 16.5. The molecule has 1 atom stereocenters. The van der Waals surface area contributed by atoms with Crippen LogP contribution in [0.25, 0.3) is 0 Å². The Hall–Kier alpha value is -4.14. The number of amides is 1. The highest BCUT2D eigenvalue weighted by molar-refractivity contribution is 5.97. The molecule has 0 bridgehead atoms. The van der Waals surface area contributed by atoms with E-state index in [4.69, 9.17) is 4.74 Å². The number of nitrogens with one attached hydrogen (secondary N) is 2. The number of methoxy groups -OCH3 is 1. The van der Waals surface area contributed by atoms with Crippen molar-refractivity contribution in [3.63, 3.8) is 0 Å². The molecular formula is C22H21N5O4. The maximum atomic E-state index is 12.3. The van der Waals surface area contributed by atoms with Crippen LogP contribution in [0.5, 0.6) is 5.75 Å². The van der Waals surface area contributed by atoms with E-state index in [0.29, 0.717) is 29.4 Å². The van der Waals surface area contributed by atoms with Crippen LogP contribution in [0.2, 0.25) is 0 Å². The van der Waals surface area contributed by atoms with E-state index in [0.717, 1.165) is 5.69 Å². The third-order valence-electron chi connectivity index (χ3n) is 4.92. The van der Waals surface area contributed by atoms with Crippen molar-refractivity contribution in [2.75, 3.05) is 22.6 Å². The van der Waals surface area contributed by atoms with Crippen LogP contribution < -0.4 is 20.3 Å². The number of benzene rings is 2. The first-order valence-corrected chi connectivity index (χ1v) is 9.66. The number of rotatable bonds is 5. The van der Waals surface area contributed by atoms with Gasteiger partial charge >= 0.3 is 5.97 Å². The highest BCUT2D eigenvalue weighted by Gasteiger charge is 2.28. The van der Waals surface area contributed by atoms with Gasteiger partial charge in [-0.25, -0.2) is 9.78 Å². The van der Waals surface area contributed by atoms with Crippen LogP contribution in [-0.2, 0) is 4.79 Å². The minimum atomic E-state index is -1.05. The van der Waals surface area contributed by atoms with Gasteiger partial charge in [-0.15, -0.1) is 0 Å². The van der Waals surface area contributed by atoms with E-state index in [9.17, 15) is 14.7 Å². The summed E-state index contributed by atoms with van der Waals surface area (Å²) in [7, 11) is 1.46. The summed E-state index contributed by atoms with van der Waals surface area (Å²) >= 11 is 0. The molecular weight excluding hydrogens is 398 g/mol. The van der Waals surface area contributed by atoms with E-state index < -0.39 is 5.97 Å². The lowest BCUT2D eigenvalue weighted by Crippen LogP contribution is -2.29. The molecule has 2 aromatic carbocycles. The molecule has 0 fully saturated rings. The minimum absolute atomic E-state index is 0.108. The molecule has 0 saturated heterocycles. The second-order valence-corrected chi connectivity index (χ2v) is 7.08. The SMILES string of the molecule is COc1cc(C(=O)O)ccc1Nc1ncc2c(n1)N(c1ccccc1)C(C)CC(=O)N2. The van der Waals surface area contributed by atoms with Gasteiger partial charge in [-0.2, -0.15) is 4.98 Å². The van der Waals surface area contributed by atoms with Gasteiger partial charge in [-0.05, 0) is 37.3 Å². The first kappa shape index (κ1) is 20.1. The van der Waals surface area contributed by atoms with Crippen molar-refractivity contribution in [3.8, 4) is 5.75 Å². The molecule has 9 nitrogen and oxygen atoms in total. The Bertz CT molecular complexity index is 1140. The molecule has 1 unspecified atom stereocenters. The summed E-state index contributed by atoms with van der Waals surface area (Å²) < 4.78 is 5.31. The molecule has 1 aliphatic rings. The van der Waals surface area contributed by atoms with Crippen LogP contribution in [0.1, 0.15) is 23.7 Å². The van der Waals surface area contributed by atoms with Gasteiger partial charge in [0.1, 0.15) is 11.4 Å². The first-order valence-electron chi connectivity index (χ1n) is 9.66. The second kappa shape index (κ2) is 8.31. The van der Waals surface area contributed by atoms with Crippen molar-refractivity contribution in [2.45, 2.75) is 19.4 Å². The standard InChI is InChI=1S/C22H21N5O4/c1-13-10-19(28)24-17-12-23-22(26-20(17)27(13)15-6-4-3-5-7-15)25-16-9-8-14(21(29)30)11-18(16)31-2/h3-9,11-13H,10H2,1-2H3,(H,24,28)(H,29,30)(H,23,25,26). The molecule has 31 heavy (non-hydrogen) atoms. The molecule has 0 saturated carbocycles. The Labute approximate surface area is 178 Å². The number of aromatic carboxylic acids is 1. The van der Waals surface area contributed by atoms with E-state index in [1.165, 1.54) is 19.2 Å². The molecule has 0 aliphatic carbocycles. The van der Waals surface area contributed by atoms with Crippen molar-refractivity contribution in [2.24, 2.45) is 0 Å². The molecule has 1 aromatic heterocycles. The molecule has 1 aliphatic heterocycles. The number of anilines is 5. The number of nitrogens with zero attached hydrogens (tertiary/aromatic N) is 3. The summed E-state index contributed by atoms with van der Waals surface area (Å²) in [5.74, 6) is 0.0318. The third-order valence-corrected chi connectivity index (χ3v) is 4.92. The van der Waals surface area contributed by atoms with E-state index in [1.54, 1.807) is 12.3 Å². The summed E-state index contributed by atoms with van der Waals surface area (Å²) in [5.41, 5.74) is 2.04. The summed E-state index contributed by atoms with van der Waals surface area (Å²) in [6, 6.07) is 14.1. The van der Waals surface area contributed by atoms with E-state index >= 15 is 0 Å². The molecule has 3 aromatic rings. The fourth-order valence-corrected chi connectivity index (χ4v) is 3.49. The number of hydrogen-bond acceptors (Lipinski definition) is 7. The van der Waals surface area contributed by atoms with E-state index in [1.807, 2.05) is 42.2 Å². The fourth-order valence-electron chi connectivity index (χ4n) is 3.49. The molecule has 9 heteroatoms. The van der Waals surface area contributed by atoms with Gasteiger partial charge in [0, 0.05) is 18.2 Å². The van der Waals surface area contributed by atoms with E-state index in [-0.39, 0.29) is 23.5 Å². The third kappa shape index (κ3) is 4.11. The van der Waals surface area contributed by atoms with Gasteiger partial charge < -0.3 is 25.4 Å². The number of fused-ring (bicyclic) bond motifs is 1. The summed E-state index contributed by atoms with van der Waals surface area (Å²) in [6.45, 7) is 1.96. The molecule has 0 spiro atoms. The van der Waals surface area contributed by atoms with Gasteiger partial charge in [0.15, 0.2) is 5.82 Å². The van der Waals surface area contributed by atoms with Crippen LogP contribution in [0.3, 0.4) is 0 Å². The summed E-state index contributed by atoms with van der Waals surface area (Å²) in [4.78, 5) is 34.5. The van der Waals surface area contributed by atoms with Crippen molar-refractivity contribution in [1.82, 2.24) is 9.97 Å². The largest absolute Gasteiger partial charge is 0.495 e. The highest BCUT2D eigenvalue weighted by Crippen LogP contribution is 2.36. The van der Waals surface area contributed by atoms with E-state index in [2.05, 4.69) is 20.6 Å². The fraction of sp³-hybridized carbons (Fsp3) is 0.182. The summed E-state index contributed by atoms with van der Waals surface area (Å²) in [6.07, 6.45) is 1.85. The van der Waals surface area contributed by atoms with Crippen LogP contribution in [0.15, 0.2) is 54.7 Å². The predicted molar refractivity (Wildman–Crippen MR) is 117 cm³/mol. The van der Waals surface area contributed by atoms with Crippen molar-refractivity contribution >= 4 is 40.7 Å². The Balaban J connectivity index is 1.75. The van der Waals surface area contributed by atoms with Gasteiger partial charge in [-0.3, -0.25) is 4.79 Å². The molecule has 3 N–H and O–H groups in total. The van der Waals surface area contributed by atoms with Crippen LogP contribution in [-0.4, -0.2) is 40.1 Å². The lowest BCUT2D eigenvalue weighted by Gasteiger charge is -2.29. The van der Waals surface area contributed by atoms with Crippen molar-refractivity contribution < 1.29 is 19.4 Å². The van der Waals surface area contributed by atoms with Crippen LogP contribution in [0, 0.1) is 0 Å². The first-order chi connectivity index (χ1) is 15.0. The average Bonchev–Trinajstić information content (AvgIpc) is 2.88. The Morgan fingerprint density at radius 1 is 1.26 bits per heavy atom. The smallest absolute Gasteiger partial charge is 0.335 e. The minimum Gasteiger partial charge on any atom is -0.495 e. The quantitative estimate of drug-likeness (QED) is 0.572. The molecule has 1 amide bonds. The average molecular weight is 419 g/mol. The molecule has 158 valence electrons. The summed E-state index contributed by atoms with van der Waals surface area (Å²) in [5, 5.41) is 15.1. The topological polar surface area (TPSA) is 117 Å². The van der Waals surface area contributed by atoms with Gasteiger partial charge in [-0.1, -0.05) is 18.2 Å². The predicted octanol–water partition coefficient (Wildman–Crippen LogP) is 3.80. The van der Waals surface area contributed by atoms with Crippen molar-refractivity contribution in [3.05, 3.63) is 60.3 Å². The second-order valence-electron chi connectivity index (χ2n) is 7.08. The number of para-hydroxylation sites is 1.